The molecule has 39 heavy (non-hydrogen) atoms. The second-order valence-electron chi connectivity index (χ2n) is 9.56. The van der Waals surface area contributed by atoms with E-state index in [0.29, 0.717) is 28.5 Å². The van der Waals surface area contributed by atoms with Crippen molar-refractivity contribution in [2.45, 2.75) is 26.3 Å². The lowest BCUT2D eigenvalue weighted by Crippen LogP contribution is -2.35. The molecule has 2 aromatic carbocycles. The standard InChI is InChI=1S/C28H29F2N7O2/c1-15(2)37-10-4-5-17(14-37)16-6-7-22(24(11-16)39-3)34-28-35-26-18(8-9-32-26)27(36-28)33-23-13-21(30)20(29)12-19(23)25(31)38/h5-9,11-13,15H,4,10,14H2,1-3H3,(H2,31,38)(H3,32,33,34,35,36). The monoisotopic (exact) mass is 533 g/mol. The Kier molecular flexibility index (Phi) is 7.16. The van der Waals surface area contributed by atoms with Crippen molar-refractivity contribution in [3.05, 3.63) is 71.4 Å². The van der Waals surface area contributed by atoms with Gasteiger partial charge in [0.05, 0.1) is 29.4 Å². The van der Waals surface area contributed by atoms with Crippen LogP contribution in [-0.4, -0.2) is 52.0 Å². The van der Waals surface area contributed by atoms with E-state index < -0.39 is 17.5 Å². The molecule has 0 atom stereocenters. The van der Waals surface area contributed by atoms with Gasteiger partial charge in [-0.15, -0.1) is 0 Å². The van der Waals surface area contributed by atoms with Crippen molar-refractivity contribution >= 4 is 45.7 Å². The Hall–Kier alpha value is -4.51. The molecule has 0 spiro atoms. The second kappa shape index (κ2) is 10.7. The van der Waals surface area contributed by atoms with Crippen molar-refractivity contribution < 1.29 is 18.3 Å². The van der Waals surface area contributed by atoms with Crippen LogP contribution >= 0.6 is 0 Å². The van der Waals surface area contributed by atoms with E-state index in [2.05, 4.69) is 50.4 Å². The number of methoxy groups -OCH3 is 1. The van der Waals surface area contributed by atoms with Gasteiger partial charge in [-0.1, -0.05) is 12.1 Å². The first kappa shape index (κ1) is 26.1. The normalized spacial score (nSPS) is 13.9. The average molecular weight is 534 g/mol. The van der Waals surface area contributed by atoms with E-state index in [1.54, 1.807) is 19.4 Å². The number of aromatic amines is 1. The number of nitrogens with two attached hydrogens (primary N) is 1. The van der Waals surface area contributed by atoms with Crippen molar-refractivity contribution in [2.24, 2.45) is 5.73 Å². The van der Waals surface area contributed by atoms with Gasteiger partial charge in [-0.05, 0) is 55.7 Å². The van der Waals surface area contributed by atoms with Crippen LogP contribution in [0.4, 0.5) is 31.9 Å². The number of anilines is 4. The molecular weight excluding hydrogens is 504 g/mol. The molecule has 11 heteroatoms. The minimum Gasteiger partial charge on any atom is -0.495 e. The minimum atomic E-state index is -1.18. The topological polar surface area (TPSA) is 121 Å². The molecule has 5 N–H and O–H groups in total. The SMILES string of the molecule is COc1cc(C2=CCCN(C(C)C)C2)ccc1Nc1nc(Nc2cc(F)c(F)cc2C(N)=O)c2cc[nH]c2n1. The van der Waals surface area contributed by atoms with Crippen LogP contribution < -0.4 is 21.1 Å². The van der Waals surface area contributed by atoms with Crippen LogP contribution in [0.25, 0.3) is 16.6 Å². The first-order valence-corrected chi connectivity index (χ1v) is 12.5. The van der Waals surface area contributed by atoms with E-state index in [1.165, 1.54) is 5.57 Å². The smallest absolute Gasteiger partial charge is 0.250 e. The van der Waals surface area contributed by atoms with Crippen LogP contribution in [-0.2, 0) is 0 Å². The molecule has 0 radical (unpaired) electrons. The van der Waals surface area contributed by atoms with Crippen molar-refractivity contribution in [2.75, 3.05) is 30.8 Å². The molecule has 0 saturated carbocycles. The van der Waals surface area contributed by atoms with Gasteiger partial charge in [0, 0.05) is 31.4 Å². The molecule has 3 heterocycles. The molecule has 0 unspecified atom stereocenters. The van der Waals surface area contributed by atoms with Crippen LogP contribution in [0.3, 0.4) is 0 Å². The summed E-state index contributed by atoms with van der Waals surface area (Å²) in [5.74, 6) is -2.14. The van der Waals surface area contributed by atoms with E-state index >= 15 is 0 Å². The zero-order chi connectivity index (χ0) is 27.7. The molecule has 1 aliphatic heterocycles. The molecule has 0 fully saturated rings. The minimum absolute atomic E-state index is 0.0216. The predicted octanol–water partition coefficient (Wildman–Crippen LogP) is 5.33. The third-order valence-corrected chi connectivity index (χ3v) is 6.72. The largest absolute Gasteiger partial charge is 0.495 e. The Morgan fingerprint density at radius 3 is 2.64 bits per heavy atom. The number of halogens is 2. The second-order valence-corrected chi connectivity index (χ2v) is 9.56. The number of amides is 1. The number of carbonyl (C=O) groups is 1. The molecule has 1 amide bonds. The number of hydrogen-bond donors (Lipinski definition) is 4. The zero-order valence-electron chi connectivity index (χ0n) is 21.8. The average Bonchev–Trinajstić information content (AvgIpc) is 3.40. The van der Waals surface area contributed by atoms with Gasteiger partial charge < -0.3 is 26.1 Å². The number of aromatic nitrogens is 3. The highest BCUT2D eigenvalue weighted by Gasteiger charge is 2.19. The maximum atomic E-state index is 14.0. The number of ether oxygens (including phenoxy) is 1. The van der Waals surface area contributed by atoms with Gasteiger partial charge in [0.1, 0.15) is 17.2 Å². The van der Waals surface area contributed by atoms with Gasteiger partial charge >= 0.3 is 0 Å². The molecular formula is C28H29F2N7O2. The van der Waals surface area contributed by atoms with Crippen LogP contribution in [0.2, 0.25) is 0 Å². The number of rotatable bonds is 8. The highest BCUT2D eigenvalue weighted by atomic mass is 19.2. The quantitative estimate of drug-likeness (QED) is 0.242. The summed E-state index contributed by atoms with van der Waals surface area (Å²) in [5.41, 5.74) is 8.59. The Morgan fingerprint density at radius 1 is 1.10 bits per heavy atom. The summed E-state index contributed by atoms with van der Waals surface area (Å²) in [4.78, 5) is 26.4. The molecule has 0 bridgehead atoms. The lowest BCUT2D eigenvalue weighted by atomic mass is 9.99. The van der Waals surface area contributed by atoms with E-state index in [0.717, 1.165) is 37.2 Å². The van der Waals surface area contributed by atoms with E-state index in [1.807, 2.05) is 18.2 Å². The molecule has 4 aromatic rings. The zero-order valence-corrected chi connectivity index (χ0v) is 21.8. The van der Waals surface area contributed by atoms with Gasteiger partial charge in [-0.2, -0.15) is 9.97 Å². The van der Waals surface area contributed by atoms with E-state index in [4.69, 9.17) is 10.5 Å². The lowest BCUT2D eigenvalue weighted by molar-refractivity contribution is 0.100. The maximum Gasteiger partial charge on any atom is 0.250 e. The summed E-state index contributed by atoms with van der Waals surface area (Å²) in [6, 6.07) is 9.70. The van der Waals surface area contributed by atoms with Gasteiger partial charge in [-0.3, -0.25) is 9.69 Å². The van der Waals surface area contributed by atoms with Crippen molar-refractivity contribution in [1.29, 1.82) is 0 Å². The third-order valence-electron chi connectivity index (χ3n) is 6.72. The Labute approximate surface area is 224 Å². The fraction of sp³-hybridized carbons (Fsp3) is 0.250. The van der Waals surface area contributed by atoms with E-state index in [9.17, 15) is 13.6 Å². The van der Waals surface area contributed by atoms with Crippen LogP contribution in [0.5, 0.6) is 5.75 Å². The van der Waals surface area contributed by atoms with Crippen LogP contribution in [0.1, 0.15) is 36.2 Å². The molecule has 5 rings (SSSR count). The molecule has 0 saturated heterocycles. The van der Waals surface area contributed by atoms with Crippen LogP contribution in [0, 0.1) is 11.6 Å². The van der Waals surface area contributed by atoms with Crippen molar-refractivity contribution in [3.8, 4) is 5.75 Å². The van der Waals surface area contributed by atoms with Crippen LogP contribution in [0.15, 0.2) is 48.7 Å². The highest BCUT2D eigenvalue weighted by Crippen LogP contribution is 2.34. The Bertz CT molecular complexity index is 1580. The fourth-order valence-corrected chi connectivity index (χ4v) is 4.61. The number of H-pyrrole nitrogens is 1. The summed E-state index contributed by atoms with van der Waals surface area (Å²) >= 11 is 0. The van der Waals surface area contributed by atoms with Gasteiger partial charge in [0.25, 0.3) is 5.91 Å². The number of carbonyl (C=O) groups excluding carboxylic acids is 1. The van der Waals surface area contributed by atoms with Crippen molar-refractivity contribution in [3.63, 3.8) is 0 Å². The Balaban J connectivity index is 1.47. The fourth-order valence-electron chi connectivity index (χ4n) is 4.61. The number of nitrogens with zero attached hydrogens (tertiary/aromatic N) is 3. The molecule has 0 aliphatic carbocycles. The highest BCUT2D eigenvalue weighted by molar-refractivity contribution is 6.00. The number of fused-ring (bicyclic) bond motifs is 1. The summed E-state index contributed by atoms with van der Waals surface area (Å²) in [7, 11) is 1.59. The predicted molar refractivity (Wildman–Crippen MR) is 148 cm³/mol. The van der Waals surface area contributed by atoms with Gasteiger partial charge in [0.15, 0.2) is 11.6 Å². The van der Waals surface area contributed by atoms with Crippen molar-refractivity contribution in [1.82, 2.24) is 19.9 Å². The van der Waals surface area contributed by atoms with E-state index in [-0.39, 0.29) is 23.0 Å². The van der Waals surface area contributed by atoms with Gasteiger partial charge in [-0.25, -0.2) is 8.78 Å². The summed E-state index contributed by atoms with van der Waals surface area (Å²) in [6.07, 6.45) is 4.92. The molecule has 9 nitrogen and oxygen atoms in total. The summed E-state index contributed by atoms with van der Waals surface area (Å²) < 4.78 is 33.5. The molecule has 202 valence electrons. The number of nitrogens with one attached hydrogen (secondary N) is 3. The maximum absolute atomic E-state index is 14.0. The first-order valence-electron chi connectivity index (χ1n) is 12.5. The number of benzene rings is 2. The molecule has 2 aromatic heterocycles. The Morgan fingerprint density at radius 2 is 1.90 bits per heavy atom. The third kappa shape index (κ3) is 5.39. The number of hydrogen-bond acceptors (Lipinski definition) is 7. The summed E-state index contributed by atoms with van der Waals surface area (Å²) in [6.45, 7) is 6.30. The number of primary amides is 1. The molecule has 1 aliphatic rings. The first-order chi connectivity index (χ1) is 18.7. The summed E-state index contributed by atoms with van der Waals surface area (Å²) in [5, 5.41) is 6.66. The lowest BCUT2D eigenvalue weighted by Gasteiger charge is -2.31. The van der Waals surface area contributed by atoms with Gasteiger partial charge in [0.2, 0.25) is 5.95 Å².